The van der Waals surface area contributed by atoms with E-state index in [9.17, 15) is 4.79 Å². The molecule has 0 aliphatic carbocycles. The molecule has 0 bridgehead atoms. The van der Waals surface area contributed by atoms with Crippen LogP contribution >= 0.6 is 0 Å². The molecule has 0 rings (SSSR count). The Kier molecular flexibility index (Phi) is 5.97. The van der Waals surface area contributed by atoms with Crippen molar-refractivity contribution in [2.45, 2.75) is 40.2 Å². The van der Waals surface area contributed by atoms with Crippen LogP contribution in [-0.2, 0) is 4.79 Å². The van der Waals surface area contributed by atoms with E-state index in [1.807, 2.05) is 13.8 Å². The van der Waals surface area contributed by atoms with Crippen molar-refractivity contribution in [3.63, 3.8) is 0 Å². The van der Waals surface area contributed by atoms with Gasteiger partial charge in [0.15, 0.2) is 0 Å². The van der Waals surface area contributed by atoms with E-state index in [4.69, 9.17) is 0 Å². The molecule has 0 spiro atoms. The number of hydrogen-bond donors (Lipinski definition) is 3. The van der Waals surface area contributed by atoms with Gasteiger partial charge in [-0.15, -0.1) is 0 Å². The van der Waals surface area contributed by atoms with Gasteiger partial charge in [-0.05, 0) is 34.6 Å². The standard InChI is InChI=1S/C12H27N3O/c1-11(2,3)15-8-7-14-9-12(4,5)10(16)13-6/h14-15H,7-9H2,1-6H3,(H,13,16). The van der Waals surface area contributed by atoms with Crippen LogP contribution in [0.25, 0.3) is 0 Å². The Morgan fingerprint density at radius 1 is 1.06 bits per heavy atom. The summed E-state index contributed by atoms with van der Waals surface area (Å²) in [4.78, 5) is 11.5. The average molecular weight is 229 g/mol. The third kappa shape index (κ3) is 6.80. The predicted molar refractivity (Wildman–Crippen MR) is 68.5 cm³/mol. The van der Waals surface area contributed by atoms with E-state index < -0.39 is 0 Å². The number of hydrogen-bond acceptors (Lipinski definition) is 3. The first-order chi connectivity index (χ1) is 7.19. The lowest BCUT2D eigenvalue weighted by atomic mass is 9.92. The van der Waals surface area contributed by atoms with Gasteiger partial charge in [-0.3, -0.25) is 4.79 Å². The highest BCUT2D eigenvalue weighted by Gasteiger charge is 2.25. The second-order valence-corrected chi connectivity index (χ2v) is 5.82. The number of nitrogens with one attached hydrogen (secondary N) is 3. The highest BCUT2D eigenvalue weighted by Crippen LogP contribution is 2.12. The Morgan fingerprint density at radius 3 is 2.06 bits per heavy atom. The Hall–Kier alpha value is -0.610. The number of carbonyl (C=O) groups excluding carboxylic acids is 1. The molecule has 0 saturated carbocycles. The zero-order valence-electron chi connectivity index (χ0n) is 11.5. The molecular formula is C12H27N3O. The van der Waals surface area contributed by atoms with Crippen LogP contribution < -0.4 is 16.0 Å². The second-order valence-electron chi connectivity index (χ2n) is 5.82. The summed E-state index contributed by atoms with van der Waals surface area (Å²) in [5.74, 6) is 0.0729. The molecule has 0 fully saturated rings. The number of rotatable bonds is 6. The van der Waals surface area contributed by atoms with Crippen LogP contribution in [-0.4, -0.2) is 38.1 Å². The van der Waals surface area contributed by atoms with Gasteiger partial charge in [0.2, 0.25) is 5.91 Å². The Bertz CT molecular complexity index is 219. The van der Waals surface area contributed by atoms with Crippen LogP contribution in [0.1, 0.15) is 34.6 Å². The van der Waals surface area contributed by atoms with Gasteiger partial charge in [0.05, 0.1) is 5.41 Å². The molecule has 0 atom stereocenters. The molecule has 0 heterocycles. The molecule has 3 N–H and O–H groups in total. The lowest BCUT2D eigenvalue weighted by molar-refractivity contribution is -0.128. The molecule has 0 aromatic carbocycles. The molecule has 0 aliphatic rings. The van der Waals surface area contributed by atoms with Gasteiger partial charge in [0.25, 0.3) is 0 Å². The zero-order valence-corrected chi connectivity index (χ0v) is 11.5. The van der Waals surface area contributed by atoms with Crippen molar-refractivity contribution >= 4 is 5.91 Å². The van der Waals surface area contributed by atoms with Gasteiger partial charge in [-0.1, -0.05) is 0 Å². The molecular weight excluding hydrogens is 202 g/mol. The van der Waals surface area contributed by atoms with Gasteiger partial charge in [-0.25, -0.2) is 0 Å². The lowest BCUT2D eigenvalue weighted by Crippen LogP contribution is -2.45. The van der Waals surface area contributed by atoms with Crippen molar-refractivity contribution in [2.24, 2.45) is 5.41 Å². The molecule has 0 aromatic heterocycles. The Balaban J connectivity index is 3.70. The Labute approximate surface area is 99.6 Å². The average Bonchev–Trinajstić information content (AvgIpc) is 2.14. The third-order valence-electron chi connectivity index (χ3n) is 2.37. The monoisotopic (exact) mass is 229 g/mol. The summed E-state index contributed by atoms with van der Waals surface area (Å²) in [5.41, 5.74) is -0.200. The fourth-order valence-electron chi connectivity index (χ4n) is 1.35. The predicted octanol–water partition coefficient (Wildman–Crippen LogP) is 0.736. The molecule has 4 heteroatoms. The molecule has 0 radical (unpaired) electrons. The third-order valence-corrected chi connectivity index (χ3v) is 2.37. The van der Waals surface area contributed by atoms with Crippen molar-refractivity contribution in [1.29, 1.82) is 0 Å². The second kappa shape index (κ2) is 6.21. The summed E-state index contributed by atoms with van der Waals surface area (Å²) < 4.78 is 0. The van der Waals surface area contributed by atoms with Crippen LogP contribution in [0.3, 0.4) is 0 Å². The van der Waals surface area contributed by atoms with E-state index in [0.717, 1.165) is 13.1 Å². The summed E-state index contributed by atoms with van der Waals surface area (Å²) in [7, 11) is 1.67. The highest BCUT2D eigenvalue weighted by molar-refractivity contribution is 5.81. The van der Waals surface area contributed by atoms with E-state index >= 15 is 0 Å². The van der Waals surface area contributed by atoms with Crippen LogP contribution in [0.4, 0.5) is 0 Å². The first-order valence-corrected chi connectivity index (χ1v) is 5.87. The lowest BCUT2D eigenvalue weighted by Gasteiger charge is -2.24. The summed E-state index contributed by atoms with van der Waals surface area (Å²) in [6, 6.07) is 0. The minimum atomic E-state index is -0.351. The van der Waals surface area contributed by atoms with Crippen molar-refractivity contribution < 1.29 is 4.79 Å². The molecule has 0 aliphatic heterocycles. The molecule has 0 saturated heterocycles. The highest BCUT2D eigenvalue weighted by atomic mass is 16.2. The van der Waals surface area contributed by atoms with Crippen LogP contribution in [0.2, 0.25) is 0 Å². The smallest absolute Gasteiger partial charge is 0.226 e. The van der Waals surface area contributed by atoms with Crippen molar-refractivity contribution in [3.8, 4) is 0 Å². The number of carbonyl (C=O) groups is 1. The maximum atomic E-state index is 11.5. The molecule has 16 heavy (non-hydrogen) atoms. The topological polar surface area (TPSA) is 53.2 Å². The number of amides is 1. The molecule has 96 valence electrons. The summed E-state index contributed by atoms with van der Waals surface area (Å²) in [5, 5.41) is 9.35. The Morgan fingerprint density at radius 2 is 1.62 bits per heavy atom. The maximum absolute atomic E-state index is 11.5. The summed E-state index contributed by atoms with van der Waals surface area (Å²) >= 11 is 0. The van der Waals surface area contributed by atoms with Gasteiger partial charge in [0, 0.05) is 32.2 Å². The van der Waals surface area contributed by atoms with Crippen molar-refractivity contribution in [2.75, 3.05) is 26.7 Å². The molecule has 1 amide bonds. The quantitative estimate of drug-likeness (QED) is 0.589. The normalized spacial score (nSPS) is 12.6. The van der Waals surface area contributed by atoms with Gasteiger partial charge in [-0.2, -0.15) is 0 Å². The first kappa shape index (κ1) is 15.4. The molecule has 0 aromatic rings. The van der Waals surface area contributed by atoms with Crippen LogP contribution in [0.15, 0.2) is 0 Å². The van der Waals surface area contributed by atoms with Crippen molar-refractivity contribution in [1.82, 2.24) is 16.0 Å². The van der Waals surface area contributed by atoms with Gasteiger partial charge >= 0.3 is 0 Å². The van der Waals surface area contributed by atoms with E-state index in [1.54, 1.807) is 7.05 Å². The van der Waals surface area contributed by atoms with E-state index in [0.29, 0.717) is 6.54 Å². The van der Waals surface area contributed by atoms with Gasteiger partial charge < -0.3 is 16.0 Å². The van der Waals surface area contributed by atoms with Gasteiger partial charge in [0.1, 0.15) is 0 Å². The SMILES string of the molecule is CNC(=O)C(C)(C)CNCCNC(C)(C)C. The maximum Gasteiger partial charge on any atom is 0.226 e. The van der Waals surface area contributed by atoms with Crippen LogP contribution in [0, 0.1) is 5.41 Å². The molecule has 0 unspecified atom stereocenters. The molecule has 4 nitrogen and oxygen atoms in total. The van der Waals surface area contributed by atoms with Crippen molar-refractivity contribution in [3.05, 3.63) is 0 Å². The minimum Gasteiger partial charge on any atom is -0.359 e. The van der Waals surface area contributed by atoms with Crippen LogP contribution in [0.5, 0.6) is 0 Å². The zero-order chi connectivity index (χ0) is 12.8. The fraction of sp³-hybridized carbons (Fsp3) is 0.917. The fourth-order valence-corrected chi connectivity index (χ4v) is 1.35. The summed E-state index contributed by atoms with van der Waals surface area (Å²) in [6.07, 6.45) is 0. The van der Waals surface area contributed by atoms with E-state index in [1.165, 1.54) is 0 Å². The van der Waals surface area contributed by atoms with E-state index in [2.05, 4.69) is 36.7 Å². The summed E-state index contributed by atoms with van der Waals surface area (Å²) in [6.45, 7) is 12.8. The first-order valence-electron chi connectivity index (χ1n) is 5.87. The minimum absolute atomic E-state index is 0.0729. The largest absolute Gasteiger partial charge is 0.359 e. The van der Waals surface area contributed by atoms with E-state index in [-0.39, 0.29) is 16.9 Å².